The summed E-state index contributed by atoms with van der Waals surface area (Å²) in [7, 11) is 0. The molecule has 1 saturated heterocycles. The maximum Gasteiger partial charge on any atom is 0.266 e. The molecule has 0 saturated carbocycles. The summed E-state index contributed by atoms with van der Waals surface area (Å²) in [6, 6.07) is 35.0. The average molecular weight is 523 g/mol. The first-order valence-corrected chi connectivity index (χ1v) is 13.0. The number of hydrogen-bond acceptors (Lipinski definition) is 4. The van der Waals surface area contributed by atoms with Crippen molar-refractivity contribution in [3.8, 4) is 0 Å². The van der Waals surface area contributed by atoms with Crippen LogP contribution in [0.1, 0.15) is 53.0 Å². The fourth-order valence-corrected chi connectivity index (χ4v) is 5.59. The molecule has 3 amide bonds. The predicted molar refractivity (Wildman–Crippen MR) is 151 cm³/mol. The van der Waals surface area contributed by atoms with E-state index in [2.05, 4.69) is 0 Å². The molecule has 0 unspecified atom stereocenters. The number of carbonyl (C=O) groups is 4. The number of amides is 3. The van der Waals surface area contributed by atoms with E-state index in [0.717, 1.165) is 21.2 Å². The second kappa shape index (κ2) is 9.13. The summed E-state index contributed by atoms with van der Waals surface area (Å²) in [6.45, 7) is 0. The van der Waals surface area contributed by atoms with E-state index in [-0.39, 0.29) is 28.4 Å². The van der Waals surface area contributed by atoms with E-state index in [4.69, 9.17) is 0 Å². The summed E-state index contributed by atoms with van der Waals surface area (Å²) in [6.07, 6.45) is 0. The molecule has 192 valence electrons. The third-order valence-electron chi connectivity index (χ3n) is 7.64. The lowest BCUT2D eigenvalue weighted by Crippen LogP contribution is -2.29. The summed E-state index contributed by atoms with van der Waals surface area (Å²) < 4.78 is 0. The van der Waals surface area contributed by atoms with E-state index in [1.807, 2.05) is 72.8 Å². The van der Waals surface area contributed by atoms with Gasteiger partial charge < -0.3 is 4.90 Å². The second-order valence-corrected chi connectivity index (χ2v) is 9.98. The van der Waals surface area contributed by atoms with Crippen LogP contribution in [0.15, 0.2) is 121 Å². The van der Waals surface area contributed by atoms with Crippen LogP contribution in [0, 0.1) is 0 Å². The maximum absolute atomic E-state index is 13.8. The SMILES string of the molecule is O=C(c1ccccc1)[C@H]1[C@@H](c2ccccc2)N1C(=O)c1ccc2c(c1)C(=O)N(c1ccc3ccccc3c1)C2=O. The molecule has 2 aliphatic rings. The van der Waals surface area contributed by atoms with Gasteiger partial charge in [-0.15, -0.1) is 0 Å². The van der Waals surface area contributed by atoms with E-state index in [0.29, 0.717) is 11.3 Å². The van der Waals surface area contributed by atoms with Crippen molar-refractivity contribution in [1.29, 1.82) is 0 Å². The minimum Gasteiger partial charge on any atom is -0.316 e. The molecule has 0 N–H and O–H groups in total. The lowest BCUT2D eigenvalue weighted by atomic mass is 10.0. The first kappa shape index (κ1) is 23.7. The smallest absolute Gasteiger partial charge is 0.266 e. The van der Waals surface area contributed by atoms with E-state index in [9.17, 15) is 19.2 Å². The van der Waals surface area contributed by atoms with Gasteiger partial charge in [-0.1, -0.05) is 91.0 Å². The fourth-order valence-electron chi connectivity index (χ4n) is 5.59. The second-order valence-electron chi connectivity index (χ2n) is 9.98. The maximum atomic E-state index is 13.8. The van der Waals surface area contributed by atoms with Gasteiger partial charge in [0, 0.05) is 11.1 Å². The van der Waals surface area contributed by atoms with Gasteiger partial charge in [-0.05, 0) is 46.7 Å². The number of hydrogen-bond donors (Lipinski definition) is 0. The fraction of sp³-hybridized carbons (Fsp3) is 0.0588. The van der Waals surface area contributed by atoms with Gasteiger partial charge >= 0.3 is 0 Å². The predicted octanol–water partition coefficient (Wildman–Crippen LogP) is 6.09. The molecule has 0 aliphatic carbocycles. The Morgan fingerprint density at radius 1 is 0.575 bits per heavy atom. The Balaban J connectivity index is 1.21. The molecule has 0 aromatic heterocycles. The van der Waals surface area contributed by atoms with Gasteiger partial charge in [-0.2, -0.15) is 0 Å². The molecule has 6 nitrogen and oxygen atoms in total. The molecule has 2 aliphatic heterocycles. The van der Waals surface area contributed by atoms with Gasteiger partial charge in [-0.3, -0.25) is 19.2 Å². The normalized spacial score (nSPS) is 17.7. The van der Waals surface area contributed by atoms with Gasteiger partial charge in [0.15, 0.2) is 5.78 Å². The van der Waals surface area contributed by atoms with Crippen molar-refractivity contribution < 1.29 is 19.2 Å². The molecule has 2 atom stereocenters. The lowest BCUT2D eigenvalue weighted by Gasteiger charge is -2.14. The number of nitrogens with zero attached hydrogens (tertiary/aromatic N) is 2. The van der Waals surface area contributed by atoms with Crippen molar-refractivity contribution in [2.75, 3.05) is 4.90 Å². The van der Waals surface area contributed by atoms with E-state index >= 15 is 0 Å². The van der Waals surface area contributed by atoms with Gasteiger partial charge in [0.05, 0.1) is 22.9 Å². The number of carbonyl (C=O) groups excluding carboxylic acids is 4. The van der Waals surface area contributed by atoms with Gasteiger partial charge in [0.2, 0.25) is 0 Å². The molecule has 6 heteroatoms. The van der Waals surface area contributed by atoms with E-state index < -0.39 is 23.9 Å². The topological polar surface area (TPSA) is 74.5 Å². The molecule has 2 heterocycles. The van der Waals surface area contributed by atoms with Crippen molar-refractivity contribution in [3.05, 3.63) is 149 Å². The number of Topliss-reactive ketones (excluding diaryl/α,β-unsaturated/α-hetero) is 1. The van der Waals surface area contributed by atoms with Crippen LogP contribution in [0.4, 0.5) is 5.69 Å². The van der Waals surface area contributed by atoms with Crippen LogP contribution in [-0.2, 0) is 0 Å². The van der Waals surface area contributed by atoms with Gasteiger partial charge in [0.25, 0.3) is 17.7 Å². The number of rotatable bonds is 5. The third kappa shape index (κ3) is 3.73. The zero-order valence-electron chi connectivity index (χ0n) is 21.2. The zero-order valence-corrected chi connectivity index (χ0v) is 21.2. The minimum atomic E-state index is -0.656. The Kier molecular flexibility index (Phi) is 5.42. The lowest BCUT2D eigenvalue weighted by molar-refractivity contribution is 0.0833. The van der Waals surface area contributed by atoms with Crippen LogP contribution in [-0.4, -0.2) is 34.4 Å². The highest BCUT2D eigenvalue weighted by Crippen LogP contribution is 2.46. The van der Waals surface area contributed by atoms with Crippen molar-refractivity contribution in [1.82, 2.24) is 4.90 Å². The number of imide groups is 1. The monoisotopic (exact) mass is 522 g/mol. The van der Waals surface area contributed by atoms with Crippen molar-refractivity contribution in [2.24, 2.45) is 0 Å². The van der Waals surface area contributed by atoms with Crippen LogP contribution >= 0.6 is 0 Å². The Bertz CT molecular complexity index is 1850. The van der Waals surface area contributed by atoms with Gasteiger partial charge in [0.1, 0.15) is 6.04 Å². The molecule has 0 radical (unpaired) electrons. The number of fused-ring (bicyclic) bond motifs is 2. The third-order valence-corrected chi connectivity index (χ3v) is 7.64. The minimum absolute atomic E-state index is 0.141. The molecule has 40 heavy (non-hydrogen) atoms. The van der Waals surface area contributed by atoms with Crippen LogP contribution < -0.4 is 4.90 Å². The molecule has 1 fully saturated rings. The van der Waals surface area contributed by atoms with Crippen molar-refractivity contribution in [3.63, 3.8) is 0 Å². The Morgan fingerprint density at radius 3 is 1.98 bits per heavy atom. The molecule has 0 spiro atoms. The molecular weight excluding hydrogens is 500 g/mol. The summed E-state index contributed by atoms with van der Waals surface area (Å²) in [5, 5.41) is 1.91. The molecule has 7 rings (SSSR count). The Morgan fingerprint density at radius 2 is 1.23 bits per heavy atom. The standard InChI is InChI=1S/C34H22N2O4/c37-31(23-12-5-2-6-13-23)30-29(22-10-3-1-4-11-22)36(30)32(38)25-16-18-27-28(20-25)34(40)35(33(27)39)26-17-15-21-9-7-8-14-24(21)19-26/h1-20,29-30H/t29-,30-,36?/m1/s1. The Hall–Kier alpha value is -5.36. The van der Waals surface area contributed by atoms with Gasteiger partial charge in [-0.25, -0.2) is 4.90 Å². The zero-order chi connectivity index (χ0) is 27.4. The highest BCUT2D eigenvalue weighted by molar-refractivity contribution is 6.35. The van der Waals surface area contributed by atoms with Crippen LogP contribution in [0.2, 0.25) is 0 Å². The summed E-state index contributed by atoms with van der Waals surface area (Å²) >= 11 is 0. The highest BCUT2D eigenvalue weighted by Gasteiger charge is 2.56. The number of anilines is 1. The van der Waals surface area contributed by atoms with Crippen LogP contribution in [0.5, 0.6) is 0 Å². The number of ketones is 1. The number of benzene rings is 5. The quantitative estimate of drug-likeness (QED) is 0.159. The highest BCUT2D eigenvalue weighted by atomic mass is 16.2. The molecule has 5 aromatic carbocycles. The first-order valence-electron chi connectivity index (χ1n) is 13.0. The largest absolute Gasteiger partial charge is 0.316 e. The summed E-state index contributed by atoms with van der Waals surface area (Å²) in [5.74, 6) is -1.42. The first-order chi connectivity index (χ1) is 19.5. The summed E-state index contributed by atoms with van der Waals surface area (Å²) in [4.78, 5) is 56.6. The van der Waals surface area contributed by atoms with E-state index in [1.54, 1.807) is 41.3 Å². The van der Waals surface area contributed by atoms with Crippen LogP contribution in [0.3, 0.4) is 0 Å². The molecule has 0 bridgehead atoms. The molecule has 5 aromatic rings. The summed E-state index contributed by atoms with van der Waals surface area (Å²) in [5.41, 5.74) is 2.54. The Labute approximate surface area is 230 Å². The van der Waals surface area contributed by atoms with Crippen molar-refractivity contribution in [2.45, 2.75) is 12.1 Å². The van der Waals surface area contributed by atoms with Crippen LogP contribution in [0.25, 0.3) is 10.8 Å². The van der Waals surface area contributed by atoms with E-state index in [1.165, 1.54) is 12.1 Å². The molecular formula is C34H22N2O4. The van der Waals surface area contributed by atoms with Crippen molar-refractivity contribution >= 4 is 40.0 Å². The average Bonchev–Trinajstić information content (AvgIpc) is 3.71.